The van der Waals surface area contributed by atoms with Gasteiger partial charge in [-0.05, 0) is 50.1 Å². The standard InChI is InChI=1S/C20H22N4O/c1-3-24(4-2)14-10-9-13-11-15(20(25)23-18(13)12-14)19-21-16-7-5-6-8-17(16)22-19/h5-10,12,15H,3-4,11H2,1-2H3,(H,21,22)(H,23,25). The Hall–Kier alpha value is -2.82. The van der Waals surface area contributed by atoms with E-state index in [0.29, 0.717) is 6.42 Å². The number of carbonyl (C=O) groups excluding carboxylic acids is 1. The van der Waals surface area contributed by atoms with Crippen LogP contribution in [0.15, 0.2) is 42.5 Å². The number of anilines is 2. The Morgan fingerprint density at radius 3 is 2.72 bits per heavy atom. The molecule has 0 fully saturated rings. The topological polar surface area (TPSA) is 61.0 Å². The van der Waals surface area contributed by atoms with Gasteiger partial charge >= 0.3 is 0 Å². The van der Waals surface area contributed by atoms with Gasteiger partial charge < -0.3 is 15.2 Å². The molecule has 1 aliphatic rings. The molecule has 0 bridgehead atoms. The summed E-state index contributed by atoms with van der Waals surface area (Å²) in [5.74, 6) is 0.458. The highest BCUT2D eigenvalue weighted by molar-refractivity contribution is 5.99. The van der Waals surface area contributed by atoms with Crippen LogP contribution in [0.2, 0.25) is 0 Å². The Balaban J connectivity index is 1.66. The lowest BCUT2D eigenvalue weighted by atomic mass is 9.92. The summed E-state index contributed by atoms with van der Waals surface area (Å²) in [6.07, 6.45) is 0.666. The number of imidazole rings is 1. The van der Waals surface area contributed by atoms with Crippen molar-refractivity contribution >= 4 is 28.3 Å². The SMILES string of the molecule is CCN(CC)c1ccc2c(c1)NC(=O)C(c1nc3ccccc3[nH]1)C2. The van der Waals surface area contributed by atoms with Crippen molar-refractivity contribution in [2.24, 2.45) is 0 Å². The second-order valence-electron chi connectivity index (χ2n) is 6.40. The molecule has 1 atom stereocenters. The number of fused-ring (bicyclic) bond motifs is 2. The zero-order valence-electron chi connectivity index (χ0n) is 14.5. The van der Waals surface area contributed by atoms with Crippen LogP contribution in [0.25, 0.3) is 11.0 Å². The Morgan fingerprint density at radius 2 is 1.96 bits per heavy atom. The Labute approximate surface area is 147 Å². The minimum atomic E-state index is -0.279. The first-order valence-corrected chi connectivity index (χ1v) is 8.83. The number of para-hydroxylation sites is 2. The van der Waals surface area contributed by atoms with Gasteiger partial charge in [0.1, 0.15) is 11.7 Å². The molecule has 4 rings (SSSR count). The Kier molecular flexibility index (Phi) is 3.92. The third-order valence-corrected chi connectivity index (χ3v) is 4.96. The molecular weight excluding hydrogens is 312 g/mol. The molecule has 1 unspecified atom stereocenters. The lowest BCUT2D eigenvalue weighted by molar-refractivity contribution is -0.118. The number of carbonyl (C=O) groups is 1. The normalized spacial score (nSPS) is 16.6. The maximum atomic E-state index is 12.7. The van der Waals surface area contributed by atoms with Crippen molar-refractivity contribution in [3.8, 4) is 0 Å². The van der Waals surface area contributed by atoms with E-state index in [1.165, 1.54) is 0 Å². The third kappa shape index (κ3) is 2.76. The molecule has 3 aromatic rings. The van der Waals surface area contributed by atoms with Crippen LogP contribution >= 0.6 is 0 Å². The first kappa shape index (κ1) is 15.7. The van der Waals surface area contributed by atoms with E-state index in [1.807, 2.05) is 24.3 Å². The van der Waals surface area contributed by atoms with Gasteiger partial charge in [0.25, 0.3) is 0 Å². The summed E-state index contributed by atoms with van der Waals surface area (Å²) < 4.78 is 0. The van der Waals surface area contributed by atoms with Crippen LogP contribution in [0.3, 0.4) is 0 Å². The van der Waals surface area contributed by atoms with E-state index < -0.39 is 0 Å². The summed E-state index contributed by atoms with van der Waals surface area (Å²) in [5, 5.41) is 3.07. The zero-order chi connectivity index (χ0) is 17.4. The van der Waals surface area contributed by atoms with Gasteiger partial charge in [0.05, 0.1) is 11.0 Å². The van der Waals surface area contributed by atoms with E-state index in [0.717, 1.165) is 46.9 Å². The van der Waals surface area contributed by atoms with Crippen LogP contribution < -0.4 is 10.2 Å². The first-order valence-electron chi connectivity index (χ1n) is 8.83. The number of aromatic nitrogens is 2. The smallest absolute Gasteiger partial charge is 0.235 e. The molecule has 2 heterocycles. The van der Waals surface area contributed by atoms with Crippen LogP contribution in [-0.2, 0) is 11.2 Å². The molecule has 0 saturated carbocycles. The summed E-state index contributed by atoms with van der Waals surface area (Å²) in [6, 6.07) is 14.2. The molecule has 0 saturated heterocycles. The van der Waals surface area contributed by atoms with E-state index in [-0.39, 0.29) is 11.8 Å². The van der Waals surface area contributed by atoms with Crippen molar-refractivity contribution in [2.75, 3.05) is 23.3 Å². The van der Waals surface area contributed by atoms with Gasteiger partial charge in [-0.3, -0.25) is 4.79 Å². The minimum Gasteiger partial charge on any atom is -0.372 e. The monoisotopic (exact) mass is 334 g/mol. The second kappa shape index (κ2) is 6.24. The maximum Gasteiger partial charge on any atom is 0.235 e. The molecule has 128 valence electrons. The molecule has 0 aliphatic carbocycles. The van der Waals surface area contributed by atoms with E-state index in [9.17, 15) is 4.79 Å². The number of nitrogens with one attached hydrogen (secondary N) is 2. The highest BCUT2D eigenvalue weighted by atomic mass is 16.2. The largest absolute Gasteiger partial charge is 0.372 e. The predicted molar refractivity (Wildman–Crippen MR) is 101 cm³/mol. The first-order chi connectivity index (χ1) is 12.2. The molecule has 1 aliphatic heterocycles. The molecular formula is C20H22N4O. The average molecular weight is 334 g/mol. The summed E-state index contributed by atoms with van der Waals surface area (Å²) in [7, 11) is 0. The number of nitrogens with zero attached hydrogens (tertiary/aromatic N) is 2. The molecule has 5 nitrogen and oxygen atoms in total. The van der Waals surface area contributed by atoms with Gasteiger partial charge in [-0.25, -0.2) is 4.98 Å². The highest BCUT2D eigenvalue weighted by Gasteiger charge is 2.30. The van der Waals surface area contributed by atoms with Crippen LogP contribution in [0, 0.1) is 0 Å². The summed E-state index contributed by atoms with van der Waals surface area (Å²) in [5.41, 5.74) is 5.08. The van der Waals surface area contributed by atoms with Gasteiger partial charge in [0, 0.05) is 24.5 Å². The van der Waals surface area contributed by atoms with Crippen molar-refractivity contribution in [1.29, 1.82) is 0 Å². The maximum absolute atomic E-state index is 12.7. The lowest BCUT2D eigenvalue weighted by Crippen LogP contribution is -2.29. The van der Waals surface area contributed by atoms with Crippen LogP contribution in [0.5, 0.6) is 0 Å². The molecule has 25 heavy (non-hydrogen) atoms. The number of hydrogen-bond donors (Lipinski definition) is 2. The van der Waals surface area contributed by atoms with E-state index in [1.54, 1.807) is 0 Å². The fourth-order valence-corrected chi connectivity index (χ4v) is 3.54. The minimum absolute atomic E-state index is 0.00301. The van der Waals surface area contributed by atoms with Crippen LogP contribution in [-0.4, -0.2) is 29.0 Å². The summed E-state index contributed by atoms with van der Waals surface area (Å²) >= 11 is 0. The number of hydrogen-bond acceptors (Lipinski definition) is 3. The second-order valence-corrected chi connectivity index (χ2v) is 6.40. The predicted octanol–water partition coefficient (Wildman–Crippen LogP) is 3.69. The Morgan fingerprint density at radius 1 is 1.16 bits per heavy atom. The highest BCUT2D eigenvalue weighted by Crippen LogP contribution is 2.33. The third-order valence-electron chi connectivity index (χ3n) is 4.96. The van der Waals surface area contributed by atoms with Gasteiger partial charge in [-0.1, -0.05) is 18.2 Å². The van der Waals surface area contributed by atoms with Crippen molar-refractivity contribution in [3.63, 3.8) is 0 Å². The molecule has 1 amide bonds. The van der Waals surface area contributed by atoms with Gasteiger partial charge in [-0.2, -0.15) is 0 Å². The molecule has 2 aromatic carbocycles. The van der Waals surface area contributed by atoms with E-state index >= 15 is 0 Å². The number of rotatable bonds is 4. The number of H-pyrrole nitrogens is 1. The number of benzene rings is 2. The summed E-state index contributed by atoms with van der Waals surface area (Å²) in [4.78, 5) is 22.8. The zero-order valence-corrected chi connectivity index (χ0v) is 14.5. The van der Waals surface area contributed by atoms with E-state index in [4.69, 9.17) is 0 Å². The summed E-state index contributed by atoms with van der Waals surface area (Å²) in [6.45, 7) is 6.17. The van der Waals surface area contributed by atoms with Crippen molar-refractivity contribution in [1.82, 2.24) is 9.97 Å². The Bertz CT molecular complexity index is 893. The van der Waals surface area contributed by atoms with Gasteiger partial charge in [0.2, 0.25) is 5.91 Å². The van der Waals surface area contributed by atoms with Crippen molar-refractivity contribution < 1.29 is 4.79 Å². The quantitative estimate of drug-likeness (QED) is 0.765. The number of aromatic amines is 1. The number of amides is 1. The van der Waals surface area contributed by atoms with Gasteiger partial charge in [0.15, 0.2) is 0 Å². The molecule has 5 heteroatoms. The van der Waals surface area contributed by atoms with Crippen molar-refractivity contribution in [3.05, 3.63) is 53.9 Å². The van der Waals surface area contributed by atoms with E-state index in [2.05, 4.69) is 52.2 Å². The average Bonchev–Trinajstić information content (AvgIpc) is 3.06. The molecule has 0 spiro atoms. The van der Waals surface area contributed by atoms with Crippen molar-refractivity contribution in [2.45, 2.75) is 26.2 Å². The fourth-order valence-electron chi connectivity index (χ4n) is 3.54. The molecule has 2 N–H and O–H groups in total. The van der Waals surface area contributed by atoms with Crippen LogP contribution in [0.4, 0.5) is 11.4 Å². The van der Waals surface area contributed by atoms with Crippen LogP contribution in [0.1, 0.15) is 31.2 Å². The van der Waals surface area contributed by atoms with Gasteiger partial charge in [-0.15, -0.1) is 0 Å². The lowest BCUT2D eigenvalue weighted by Gasteiger charge is -2.27. The molecule has 0 radical (unpaired) electrons. The fraction of sp³-hybridized carbons (Fsp3) is 0.300. The molecule has 1 aromatic heterocycles.